The summed E-state index contributed by atoms with van der Waals surface area (Å²) in [4.78, 5) is 11.3. The van der Waals surface area contributed by atoms with E-state index in [9.17, 15) is 4.79 Å². The average Bonchev–Trinajstić information content (AvgIpc) is 2.58. The lowest BCUT2D eigenvalue weighted by Crippen LogP contribution is -2.55. The fourth-order valence-electron chi connectivity index (χ4n) is 3.98. The second-order valence-corrected chi connectivity index (χ2v) is 25.3. The summed E-state index contributed by atoms with van der Waals surface area (Å²) in [7, 11) is -7.12. The predicted octanol–water partition coefficient (Wildman–Crippen LogP) is 7.26. The summed E-state index contributed by atoms with van der Waals surface area (Å²) < 4.78 is 24.7. The van der Waals surface area contributed by atoms with Crippen molar-refractivity contribution in [3.8, 4) is 0 Å². The summed E-state index contributed by atoms with van der Waals surface area (Å²) in [6, 6.07) is 1.08. The number of hydrogen-bond acceptors (Lipinski definition) is 5. The molecule has 32 heavy (non-hydrogen) atoms. The van der Waals surface area contributed by atoms with E-state index in [-0.39, 0.29) is 5.97 Å². The molecule has 0 rings (SSSR count). The Bertz CT molecular complexity index is 549. The standard InChI is InChI=1S/C23H52O5Si4/c1-22(2)23(24)25-20-18-16-14-12-11-13-15-17-19-21-32(10,26-29(3)4)28-31(8,9)27-30(5,6)7/h29H,1,11-21H2,2-10H3. The molecule has 1 unspecified atom stereocenters. The van der Waals surface area contributed by atoms with Gasteiger partial charge in [-0.2, -0.15) is 0 Å². The summed E-state index contributed by atoms with van der Waals surface area (Å²) in [6.45, 7) is 23.6. The zero-order valence-electron chi connectivity index (χ0n) is 22.6. The number of esters is 1. The van der Waals surface area contributed by atoms with Crippen LogP contribution in [0.5, 0.6) is 0 Å². The number of unbranched alkanes of at least 4 members (excludes halogenated alkanes) is 8. The summed E-state index contributed by atoms with van der Waals surface area (Å²) in [6.07, 6.45) is 10.9. The number of ether oxygens (including phenoxy) is 1. The van der Waals surface area contributed by atoms with E-state index in [1.54, 1.807) is 6.92 Å². The predicted molar refractivity (Wildman–Crippen MR) is 147 cm³/mol. The Morgan fingerprint density at radius 1 is 0.781 bits per heavy atom. The average molecular weight is 521 g/mol. The molecule has 1 atom stereocenters. The van der Waals surface area contributed by atoms with Gasteiger partial charge in [-0.25, -0.2) is 4.79 Å². The molecule has 0 saturated heterocycles. The highest BCUT2D eigenvalue weighted by molar-refractivity contribution is 6.87. The van der Waals surface area contributed by atoms with E-state index in [2.05, 4.69) is 59.0 Å². The Kier molecular flexibility index (Phi) is 15.8. The molecule has 0 aliphatic rings. The monoisotopic (exact) mass is 520 g/mol. The van der Waals surface area contributed by atoms with Gasteiger partial charge in [0, 0.05) is 5.57 Å². The maximum Gasteiger partial charge on any atom is 0.333 e. The highest BCUT2D eigenvalue weighted by atomic mass is 28.5. The number of rotatable bonds is 19. The van der Waals surface area contributed by atoms with Gasteiger partial charge in [0.2, 0.25) is 0 Å². The minimum Gasteiger partial charge on any atom is -0.462 e. The van der Waals surface area contributed by atoms with Crippen molar-refractivity contribution >= 4 is 40.4 Å². The third kappa shape index (κ3) is 18.4. The topological polar surface area (TPSA) is 54.0 Å². The van der Waals surface area contributed by atoms with Crippen molar-refractivity contribution in [3.05, 3.63) is 12.2 Å². The molecule has 0 aromatic rings. The molecule has 0 aromatic heterocycles. The molecule has 5 nitrogen and oxygen atoms in total. The number of carbonyl (C=O) groups is 1. The molecule has 0 radical (unpaired) electrons. The Labute approximate surface area is 204 Å². The molecule has 0 aliphatic carbocycles. The normalized spacial score (nSPS) is 14.4. The first-order valence-electron chi connectivity index (χ1n) is 12.6. The van der Waals surface area contributed by atoms with Crippen molar-refractivity contribution in [3.63, 3.8) is 0 Å². The van der Waals surface area contributed by atoms with E-state index in [1.807, 2.05) is 0 Å². The van der Waals surface area contributed by atoms with Crippen LogP contribution in [0, 0.1) is 0 Å². The lowest BCUT2D eigenvalue weighted by Gasteiger charge is -2.39. The molecular formula is C23H52O5Si4. The van der Waals surface area contributed by atoms with Crippen LogP contribution in [-0.4, -0.2) is 47.1 Å². The van der Waals surface area contributed by atoms with Gasteiger partial charge in [-0.1, -0.05) is 57.9 Å². The van der Waals surface area contributed by atoms with Crippen molar-refractivity contribution in [2.24, 2.45) is 0 Å². The fraction of sp³-hybridized carbons (Fsp3) is 0.870. The molecule has 0 fully saturated rings. The minimum absolute atomic E-state index is 0.273. The van der Waals surface area contributed by atoms with Crippen molar-refractivity contribution in [2.45, 2.75) is 123 Å². The van der Waals surface area contributed by atoms with Gasteiger partial charge in [-0.3, -0.25) is 0 Å². The Hall–Kier alpha value is -0.0425. The molecular weight excluding hydrogens is 469 g/mol. The summed E-state index contributed by atoms with van der Waals surface area (Å²) in [5.74, 6) is -0.273. The zero-order chi connectivity index (χ0) is 24.8. The lowest BCUT2D eigenvalue weighted by atomic mass is 10.1. The Balaban J connectivity index is 4.05. The van der Waals surface area contributed by atoms with E-state index >= 15 is 0 Å². The molecule has 0 spiro atoms. The van der Waals surface area contributed by atoms with Gasteiger partial charge in [-0.05, 0) is 71.8 Å². The molecule has 0 bridgehead atoms. The third-order valence-electron chi connectivity index (χ3n) is 4.86. The van der Waals surface area contributed by atoms with E-state index < -0.39 is 34.5 Å². The van der Waals surface area contributed by atoms with E-state index in [4.69, 9.17) is 17.1 Å². The second-order valence-electron chi connectivity index (χ2n) is 10.9. The molecule has 0 aliphatic heterocycles. The van der Waals surface area contributed by atoms with Gasteiger partial charge in [0.05, 0.1) is 6.61 Å². The highest BCUT2D eigenvalue weighted by Gasteiger charge is 2.42. The van der Waals surface area contributed by atoms with Crippen LogP contribution < -0.4 is 0 Å². The molecule has 0 saturated carbocycles. The van der Waals surface area contributed by atoms with Gasteiger partial charge < -0.3 is 17.1 Å². The van der Waals surface area contributed by atoms with Crippen LogP contribution >= 0.6 is 0 Å². The van der Waals surface area contributed by atoms with Crippen LogP contribution in [0.3, 0.4) is 0 Å². The van der Waals surface area contributed by atoms with Crippen molar-refractivity contribution < 1.29 is 21.9 Å². The Morgan fingerprint density at radius 3 is 1.69 bits per heavy atom. The molecule has 9 heteroatoms. The second kappa shape index (κ2) is 15.8. The first kappa shape index (κ1) is 32.0. The van der Waals surface area contributed by atoms with Crippen LogP contribution in [-0.2, 0) is 21.9 Å². The van der Waals surface area contributed by atoms with E-state index in [0.29, 0.717) is 12.2 Å². The Morgan fingerprint density at radius 2 is 1.25 bits per heavy atom. The minimum atomic E-state index is -2.18. The van der Waals surface area contributed by atoms with Crippen LogP contribution in [0.4, 0.5) is 0 Å². The highest BCUT2D eigenvalue weighted by Crippen LogP contribution is 2.26. The van der Waals surface area contributed by atoms with E-state index in [0.717, 1.165) is 18.9 Å². The number of hydrogen-bond donors (Lipinski definition) is 0. The SMILES string of the molecule is C=C(C)C(=O)OCCCCCCCCCCC[Si](C)(O[SiH](C)C)O[Si](C)(C)O[Si](C)(C)C. The van der Waals surface area contributed by atoms with Crippen molar-refractivity contribution in [1.29, 1.82) is 0 Å². The van der Waals surface area contributed by atoms with Crippen molar-refractivity contribution in [2.75, 3.05) is 6.61 Å². The van der Waals surface area contributed by atoms with Crippen LogP contribution in [0.25, 0.3) is 0 Å². The van der Waals surface area contributed by atoms with Gasteiger partial charge >= 0.3 is 23.1 Å². The molecule has 0 aromatic carbocycles. The first-order valence-corrected chi connectivity index (χ1v) is 24.1. The fourth-order valence-corrected chi connectivity index (χ4v) is 21.0. The van der Waals surface area contributed by atoms with Gasteiger partial charge in [0.15, 0.2) is 17.4 Å². The van der Waals surface area contributed by atoms with Gasteiger partial charge in [0.25, 0.3) is 0 Å². The quantitative estimate of drug-likeness (QED) is 0.0776. The molecule has 0 amide bonds. The van der Waals surface area contributed by atoms with Crippen LogP contribution in [0.2, 0.25) is 58.4 Å². The van der Waals surface area contributed by atoms with Gasteiger partial charge in [-0.15, -0.1) is 0 Å². The summed E-state index contributed by atoms with van der Waals surface area (Å²) >= 11 is 0. The lowest BCUT2D eigenvalue weighted by molar-refractivity contribution is -0.139. The summed E-state index contributed by atoms with van der Waals surface area (Å²) in [5, 5.41) is 0. The summed E-state index contributed by atoms with van der Waals surface area (Å²) in [5.41, 5.74) is 0.475. The maximum absolute atomic E-state index is 11.3. The maximum atomic E-state index is 11.3. The third-order valence-corrected chi connectivity index (χ3v) is 18.1. The largest absolute Gasteiger partial charge is 0.462 e. The molecule has 0 N–H and O–H groups in total. The first-order chi connectivity index (χ1) is 14.7. The van der Waals surface area contributed by atoms with Crippen LogP contribution in [0.1, 0.15) is 64.7 Å². The zero-order valence-corrected chi connectivity index (χ0v) is 26.8. The van der Waals surface area contributed by atoms with Gasteiger partial charge in [0.1, 0.15) is 0 Å². The molecule has 190 valence electrons. The molecule has 0 heterocycles. The van der Waals surface area contributed by atoms with Crippen LogP contribution in [0.15, 0.2) is 12.2 Å². The number of carbonyl (C=O) groups excluding carboxylic acids is 1. The van der Waals surface area contributed by atoms with E-state index in [1.165, 1.54) is 44.9 Å². The van der Waals surface area contributed by atoms with Crippen molar-refractivity contribution in [1.82, 2.24) is 0 Å². The smallest absolute Gasteiger partial charge is 0.333 e.